The minimum absolute atomic E-state index is 0.0299. The highest BCUT2D eigenvalue weighted by Crippen LogP contribution is 2.45. The number of nitrogens with zero attached hydrogens (tertiary/aromatic N) is 4. The largest absolute Gasteiger partial charge is 0.479 e. The Morgan fingerprint density at radius 3 is 2.60 bits per heavy atom. The Morgan fingerprint density at radius 2 is 1.87 bits per heavy atom. The summed E-state index contributed by atoms with van der Waals surface area (Å²) in [6.45, 7) is 4.21. The fourth-order valence-electron chi connectivity index (χ4n) is 7.44. The van der Waals surface area contributed by atoms with E-state index in [2.05, 4.69) is 25.9 Å². The number of carbonyl (C=O) groups is 6. The van der Waals surface area contributed by atoms with E-state index in [0.717, 1.165) is 24.0 Å². The van der Waals surface area contributed by atoms with Crippen molar-refractivity contribution < 1.29 is 38.6 Å². The molecule has 0 radical (unpaired) electrons. The van der Waals surface area contributed by atoms with E-state index in [0.29, 0.717) is 32.4 Å². The second-order valence-electron chi connectivity index (χ2n) is 14.7. The van der Waals surface area contributed by atoms with E-state index in [4.69, 9.17) is 4.74 Å². The standard InChI is InChI=1S/C38H47N7O8/c1-23(2)31(42-32(46)29-20-39-15-16-40-29)34(48)41-28-13-7-5-3-4-6-12-26-19-38(26,36(50)51)43-33(47)30-18-27(22-45(30)35(28)49)53-37(52)44-17-14-24-10-8-9-11-25(24)21-44/h6,8-12,15-16,20,23,26-28,30-31H,3-5,7,13-14,17-19,21-22H2,1-2H3,(H,41,48)(H,42,46)(H,43,47)(H,50,51)/b12-6-/t26-,27-,28+,30+,31-,38-/m1/s1. The number of carboxylic acid groups (broad SMARTS) is 1. The van der Waals surface area contributed by atoms with Crippen LogP contribution in [0.1, 0.15) is 80.4 Å². The van der Waals surface area contributed by atoms with Crippen molar-refractivity contribution in [3.8, 4) is 0 Å². The molecule has 15 heteroatoms. The summed E-state index contributed by atoms with van der Waals surface area (Å²) >= 11 is 0. The van der Waals surface area contributed by atoms with Gasteiger partial charge in [0.25, 0.3) is 5.91 Å². The van der Waals surface area contributed by atoms with Crippen LogP contribution in [0.2, 0.25) is 0 Å². The zero-order valence-electron chi connectivity index (χ0n) is 30.0. The molecular formula is C38H47N7O8. The topological polar surface area (TPSA) is 200 Å². The fourth-order valence-corrected chi connectivity index (χ4v) is 7.44. The number of carboxylic acids is 1. The Morgan fingerprint density at radius 1 is 1.08 bits per heavy atom. The van der Waals surface area contributed by atoms with Crippen molar-refractivity contribution in [1.29, 1.82) is 0 Å². The van der Waals surface area contributed by atoms with E-state index in [1.807, 2.05) is 36.4 Å². The summed E-state index contributed by atoms with van der Waals surface area (Å²) in [6, 6.07) is 4.59. The zero-order chi connectivity index (χ0) is 37.7. The lowest BCUT2D eigenvalue weighted by atomic mass is 10.0. The van der Waals surface area contributed by atoms with Crippen LogP contribution in [0.15, 0.2) is 55.0 Å². The molecule has 3 aliphatic heterocycles. The molecule has 6 atom stereocenters. The molecule has 0 bridgehead atoms. The normalized spacial score (nSPS) is 27.1. The number of rotatable bonds is 7. The molecule has 282 valence electrons. The van der Waals surface area contributed by atoms with Crippen LogP contribution in [0.25, 0.3) is 0 Å². The number of ether oxygens (including phenoxy) is 1. The van der Waals surface area contributed by atoms with Gasteiger partial charge in [-0.2, -0.15) is 0 Å². The summed E-state index contributed by atoms with van der Waals surface area (Å²) < 4.78 is 5.93. The van der Waals surface area contributed by atoms with Gasteiger partial charge in [0.05, 0.1) is 12.7 Å². The number of aliphatic carboxylic acids is 1. The Kier molecular flexibility index (Phi) is 11.4. The van der Waals surface area contributed by atoms with Gasteiger partial charge in [0.15, 0.2) is 0 Å². The maximum absolute atomic E-state index is 14.5. The maximum atomic E-state index is 14.5. The maximum Gasteiger partial charge on any atom is 0.410 e. The van der Waals surface area contributed by atoms with Gasteiger partial charge in [0, 0.05) is 37.8 Å². The predicted molar refractivity (Wildman–Crippen MR) is 190 cm³/mol. The van der Waals surface area contributed by atoms with Crippen LogP contribution in [-0.2, 0) is 36.9 Å². The average molecular weight is 730 g/mol. The van der Waals surface area contributed by atoms with E-state index >= 15 is 0 Å². The third kappa shape index (κ3) is 8.50. The molecule has 4 heterocycles. The summed E-state index contributed by atoms with van der Waals surface area (Å²) in [6.07, 6.45) is 10.3. The molecule has 5 amide bonds. The summed E-state index contributed by atoms with van der Waals surface area (Å²) in [5, 5.41) is 18.4. The number of nitrogens with one attached hydrogen (secondary N) is 3. The summed E-state index contributed by atoms with van der Waals surface area (Å²) in [4.78, 5) is 92.0. The number of hydrogen-bond donors (Lipinski definition) is 4. The van der Waals surface area contributed by atoms with Crippen molar-refractivity contribution in [3.63, 3.8) is 0 Å². The van der Waals surface area contributed by atoms with Gasteiger partial charge >= 0.3 is 12.1 Å². The minimum atomic E-state index is -1.50. The van der Waals surface area contributed by atoms with Gasteiger partial charge in [-0.15, -0.1) is 0 Å². The molecule has 15 nitrogen and oxygen atoms in total. The first-order chi connectivity index (χ1) is 25.5. The minimum Gasteiger partial charge on any atom is -0.479 e. The summed E-state index contributed by atoms with van der Waals surface area (Å²) in [5.74, 6) is -4.34. The van der Waals surface area contributed by atoms with Crippen molar-refractivity contribution in [2.75, 3.05) is 13.1 Å². The van der Waals surface area contributed by atoms with Gasteiger partial charge in [0.2, 0.25) is 17.7 Å². The van der Waals surface area contributed by atoms with Gasteiger partial charge in [-0.05, 0) is 49.1 Å². The molecule has 2 fully saturated rings. The number of amides is 5. The highest BCUT2D eigenvalue weighted by molar-refractivity contribution is 5.98. The van der Waals surface area contributed by atoms with Crippen LogP contribution in [0.3, 0.4) is 0 Å². The molecule has 1 aromatic heterocycles. The van der Waals surface area contributed by atoms with Crippen molar-refractivity contribution in [1.82, 2.24) is 35.7 Å². The third-order valence-corrected chi connectivity index (χ3v) is 10.6. The number of hydrogen-bond acceptors (Lipinski definition) is 9. The van der Waals surface area contributed by atoms with Crippen LogP contribution in [-0.4, -0.2) is 103 Å². The second-order valence-corrected chi connectivity index (χ2v) is 14.7. The molecule has 1 saturated heterocycles. The molecule has 53 heavy (non-hydrogen) atoms. The van der Waals surface area contributed by atoms with Crippen molar-refractivity contribution in [3.05, 3.63) is 71.8 Å². The average Bonchev–Trinajstić information content (AvgIpc) is 3.69. The monoisotopic (exact) mass is 729 g/mol. The van der Waals surface area contributed by atoms with Crippen LogP contribution in [0, 0.1) is 11.8 Å². The molecule has 2 aromatic rings. The number of allylic oxidation sites excluding steroid dienone is 1. The van der Waals surface area contributed by atoms with Crippen molar-refractivity contribution >= 4 is 35.7 Å². The molecular weight excluding hydrogens is 682 g/mol. The SMILES string of the molecule is CC(C)[C@@H](NC(=O)c1cnccn1)C(=O)N[C@H]1CCCCC/C=C\[C@@H]2C[C@@]2(C(=O)O)NC(=O)[C@@H]2C[C@@H](OC(=O)N3CCc4ccccc4C3)CN2C1=O. The molecule has 6 rings (SSSR count). The highest BCUT2D eigenvalue weighted by atomic mass is 16.6. The Balaban J connectivity index is 1.23. The molecule has 0 unspecified atom stereocenters. The van der Waals surface area contributed by atoms with E-state index in [-0.39, 0.29) is 37.4 Å². The molecule has 4 N–H and O–H groups in total. The Labute approximate surface area is 307 Å². The van der Waals surface area contributed by atoms with Gasteiger partial charge in [-0.3, -0.25) is 24.2 Å². The third-order valence-electron chi connectivity index (χ3n) is 10.6. The van der Waals surface area contributed by atoms with Gasteiger partial charge in [-0.1, -0.05) is 63.1 Å². The summed E-state index contributed by atoms with van der Waals surface area (Å²) in [7, 11) is 0. The molecule has 0 spiro atoms. The van der Waals surface area contributed by atoms with Gasteiger partial charge in [-0.25, -0.2) is 14.6 Å². The van der Waals surface area contributed by atoms with Crippen LogP contribution >= 0.6 is 0 Å². The lowest BCUT2D eigenvalue weighted by Crippen LogP contribution is -2.58. The first kappa shape index (κ1) is 37.4. The van der Waals surface area contributed by atoms with E-state index in [9.17, 15) is 33.9 Å². The summed E-state index contributed by atoms with van der Waals surface area (Å²) in [5.41, 5.74) is 0.704. The van der Waals surface area contributed by atoms with Gasteiger partial charge in [0.1, 0.15) is 35.5 Å². The lowest BCUT2D eigenvalue weighted by Gasteiger charge is -2.31. The van der Waals surface area contributed by atoms with E-state index in [1.165, 1.54) is 23.5 Å². The zero-order valence-corrected chi connectivity index (χ0v) is 30.0. The number of aromatic nitrogens is 2. The van der Waals surface area contributed by atoms with E-state index in [1.54, 1.807) is 18.7 Å². The Hall–Kier alpha value is -5.34. The number of benzene rings is 1. The molecule has 1 aliphatic carbocycles. The number of fused-ring (bicyclic) bond motifs is 3. The van der Waals surface area contributed by atoms with Crippen LogP contribution in [0.4, 0.5) is 4.79 Å². The fraction of sp³-hybridized carbons (Fsp3) is 0.526. The molecule has 1 saturated carbocycles. The number of carbonyl (C=O) groups excluding carboxylic acids is 5. The predicted octanol–water partition coefficient (Wildman–Crippen LogP) is 2.36. The Bertz CT molecular complexity index is 1750. The molecule has 4 aliphatic rings. The lowest BCUT2D eigenvalue weighted by molar-refractivity contribution is -0.146. The van der Waals surface area contributed by atoms with Gasteiger partial charge < -0.3 is 35.6 Å². The van der Waals surface area contributed by atoms with Crippen LogP contribution < -0.4 is 16.0 Å². The first-order valence-corrected chi connectivity index (χ1v) is 18.4. The highest BCUT2D eigenvalue weighted by Gasteiger charge is 2.61. The van der Waals surface area contributed by atoms with Crippen molar-refractivity contribution in [2.24, 2.45) is 11.8 Å². The second kappa shape index (κ2) is 16.1. The quantitative estimate of drug-likeness (QED) is 0.307. The van der Waals surface area contributed by atoms with E-state index < -0.39 is 71.4 Å². The van der Waals surface area contributed by atoms with Crippen LogP contribution in [0.5, 0.6) is 0 Å². The smallest absolute Gasteiger partial charge is 0.410 e. The van der Waals surface area contributed by atoms with Crippen molar-refractivity contribution in [2.45, 2.75) is 102 Å². The first-order valence-electron chi connectivity index (χ1n) is 18.4. The molecule has 1 aromatic carbocycles.